The molecular weight excluding hydrogens is 144 g/mol. The van der Waals surface area contributed by atoms with E-state index in [1.54, 1.807) is 0 Å². The average Bonchev–Trinajstić information content (AvgIpc) is 1.99. The molecule has 0 aromatic carbocycles. The minimum atomic E-state index is 0.577. The van der Waals surface area contributed by atoms with Crippen LogP contribution in [0.4, 0.5) is 0 Å². The van der Waals surface area contributed by atoms with Crippen molar-refractivity contribution in [3.8, 4) is 0 Å². The van der Waals surface area contributed by atoms with Crippen molar-refractivity contribution in [3.05, 3.63) is 34.9 Å². The predicted octanol–water partition coefficient (Wildman–Crippen LogP) is 3.87. The quantitative estimate of drug-likeness (QED) is 0.513. The molecular formula is C12H18. The Morgan fingerprint density at radius 3 is 2.42 bits per heavy atom. The first-order chi connectivity index (χ1) is 5.52. The molecule has 1 atom stereocenters. The van der Waals surface area contributed by atoms with Gasteiger partial charge in [0.2, 0.25) is 0 Å². The molecule has 12 heavy (non-hydrogen) atoms. The van der Waals surface area contributed by atoms with E-state index in [9.17, 15) is 0 Å². The Morgan fingerprint density at radius 2 is 2.00 bits per heavy atom. The van der Waals surface area contributed by atoms with E-state index >= 15 is 0 Å². The molecule has 0 amide bonds. The monoisotopic (exact) mass is 162 g/mol. The van der Waals surface area contributed by atoms with Crippen molar-refractivity contribution in [2.24, 2.45) is 5.92 Å². The average molecular weight is 162 g/mol. The third kappa shape index (κ3) is 1.69. The molecule has 0 aromatic rings. The smallest absolute Gasteiger partial charge is 0.00144 e. The molecule has 1 rings (SSSR count). The van der Waals surface area contributed by atoms with Crippen LogP contribution in [-0.4, -0.2) is 0 Å². The minimum absolute atomic E-state index is 0.577. The van der Waals surface area contributed by atoms with E-state index in [0.717, 1.165) is 0 Å². The zero-order valence-corrected chi connectivity index (χ0v) is 8.57. The van der Waals surface area contributed by atoms with Gasteiger partial charge >= 0.3 is 0 Å². The highest BCUT2D eigenvalue weighted by atomic mass is 14.2. The standard InChI is InChI=1S/C12H18/c1-8(2)12-6-9(3)11(5)10(4)7-12/h6,12H,1,7H2,2-5H3. The molecule has 0 aromatic heterocycles. The van der Waals surface area contributed by atoms with Gasteiger partial charge in [0.25, 0.3) is 0 Å². The highest BCUT2D eigenvalue weighted by molar-refractivity contribution is 5.37. The van der Waals surface area contributed by atoms with Crippen molar-refractivity contribution in [1.82, 2.24) is 0 Å². The zero-order valence-electron chi connectivity index (χ0n) is 8.57. The van der Waals surface area contributed by atoms with E-state index in [2.05, 4.69) is 40.3 Å². The maximum absolute atomic E-state index is 4.01. The molecule has 66 valence electrons. The Morgan fingerprint density at radius 1 is 1.42 bits per heavy atom. The van der Waals surface area contributed by atoms with Crippen LogP contribution in [0.5, 0.6) is 0 Å². The van der Waals surface area contributed by atoms with Gasteiger partial charge in [-0.15, -0.1) is 0 Å². The minimum Gasteiger partial charge on any atom is -0.0995 e. The van der Waals surface area contributed by atoms with Crippen LogP contribution in [0.1, 0.15) is 34.1 Å². The van der Waals surface area contributed by atoms with Gasteiger partial charge in [0.1, 0.15) is 0 Å². The normalized spacial score (nSPS) is 24.0. The Kier molecular flexibility index (Phi) is 2.56. The lowest BCUT2D eigenvalue weighted by Crippen LogP contribution is -2.06. The van der Waals surface area contributed by atoms with Crippen LogP contribution in [-0.2, 0) is 0 Å². The molecule has 0 bridgehead atoms. The molecule has 0 fully saturated rings. The molecule has 0 saturated heterocycles. The fourth-order valence-corrected chi connectivity index (χ4v) is 1.62. The Bertz CT molecular complexity index is 264. The summed E-state index contributed by atoms with van der Waals surface area (Å²) in [7, 11) is 0. The maximum atomic E-state index is 4.01. The first-order valence-electron chi connectivity index (χ1n) is 4.53. The fourth-order valence-electron chi connectivity index (χ4n) is 1.62. The first kappa shape index (κ1) is 9.31. The molecule has 0 nitrogen and oxygen atoms in total. The molecule has 1 unspecified atom stereocenters. The first-order valence-corrected chi connectivity index (χ1v) is 4.53. The van der Waals surface area contributed by atoms with E-state index in [4.69, 9.17) is 0 Å². The summed E-state index contributed by atoms with van der Waals surface area (Å²) < 4.78 is 0. The summed E-state index contributed by atoms with van der Waals surface area (Å²) in [6.45, 7) is 12.7. The zero-order chi connectivity index (χ0) is 9.30. The van der Waals surface area contributed by atoms with E-state index in [1.807, 2.05) is 0 Å². The van der Waals surface area contributed by atoms with Crippen LogP contribution < -0.4 is 0 Å². The Labute approximate surface area is 75.7 Å². The molecule has 0 radical (unpaired) electrons. The SMILES string of the molecule is C=C(C)C1C=C(C)C(C)=C(C)C1. The van der Waals surface area contributed by atoms with Crippen LogP contribution in [0.15, 0.2) is 34.9 Å². The molecule has 0 N–H and O–H groups in total. The molecule has 0 spiro atoms. The van der Waals surface area contributed by atoms with Gasteiger partial charge in [-0.05, 0) is 39.7 Å². The van der Waals surface area contributed by atoms with Crippen LogP contribution in [0.3, 0.4) is 0 Å². The predicted molar refractivity (Wildman–Crippen MR) is 55.1 cm³/mol. The lowest BCUT2D eigenvalue weighted by atomic mass is 9.83. The van der Waals surface area contributed by atoms with Gasteiger partial charge in [-0.1, -0.05) is 29.4 Å². The van der Waals surface area contributed by atoms with Gasteiger partial charge in [-0.3, -0.25) is 0 Å². The second-order valence-electron chi connectivity index (χ2n) is 3.91. The van der Waals surface area contributed by atoms with Crippen molar-refractivity contribution in [2.75, 3.05) is 0 Å². The Balaban J connectivity index is 2.91. The van der Waals surface area contributed by atoms with E-state index in [-0.39, 0.29) is 0 Å². The maximum Gasteiger partial charge on any atom is 0.00144 e. The summed E-state index contributed by atoms with van der Waals surface area (Å²) in [6.07, 6.45) is 3.50. The largest absolute Gasteiger partial charge is 0.0995 e. The second-order valence-corrected chi connectivity index (χ2v) is 3.91. The van der Waals surface area contributed by atoms with Crippen LogP contribution >= 0.6 is 0 Å². The van der Waals surface area contributed by atoms with Crippen molar-refractivity contribution in [1.29, 1.82) is 0 Å². The molecule has 1 aliphatic carbocycles. The van der Waals surface area contributed by atoms with Gasteiger partial charge < -0.3 is 0 Å². The summed E-state index contributed by atoms with van der Waals surface area (Å²) in [5, 5.41) is 0. The number of allylic oxidation sites excluding steroid dienone is 5. The van der Waals surface area contributed by atoms with Crippen molar-refractivity contribution in [2.45, 2.75) is 34.1 Å². The Hall–Kier alpha value is -0.780. The van der Waals surface area contributed by atoms with Crippen molar-refractivity contribution in [3.63, 3.8) is 0 Å². The highest BCUT2D eigenvalue weighted by Crippen LogP contribution is 2.31. The van der Waals surface area contributed by atoms with Gasteiger partial charge in [0, 0.05) is 5.92 Å². The van der Waals surface area contributed by atoms with Gasteiger partial charge in [-0.25, -0.2) is 0 Å². The fraction of sp³-hybridized carbons (Fsp3) is 0.500. The van der Waals surface area contributed by atoms with E-state index < -0.39 is 0 Å². The summed E-state index contributed by atoms with van der Waals surface area (Å²) in [6, 6.07) is 0. The number of hydrogen-bond donors (Lipinski definition) is 0. The second kappa shape index (κ2) is 3.30. The van der Waals surface area contributed by atoms with Crippen LogP contribution in [0, 0.1) is 5.92 Å². The lowest BCUT2D eigenvalue weighted by Gasteiger charge is -2.22. The number of hydrogen-bond acceptors (Lipinski definition) is 0. The molecule has 0 heteroatoms. The topological polar surface area (TPSA) is 0 Å². The van der Waals surface area contributed by atoms with E-state index in [0.29, 0.717) is 5.92 Å². The summed E-state index contributed by atoms with van der Waals surface area (Å²) in [5.41, 5.74) is 5.68. The summed E-state index contributed by atoms with van der Waals surface area (Å²) >= 11 is 0. The molecule has 0 saturated carbocycles. The third-order valence-electron chi connectivity index (χ3n) is 2.84. The van der Waals surface area contributed by atoms with Crippen molar-refractivity contribution < 1.29 is 0 Å². The molecule has 0 aliphatic heterocycles. The van der Waals surface area contributed by atoms with Crippen LogP contribution in [0.25, 0.3) is 0 Å². The van der Waals surface area contributed by atoms with Crippen molar-refractivity contribution >= 4 is 0 Å². The van der Waals surface area contributed by atoms with Gasteiger partial charge in [-0.2, -0.15) is 0 Å². The van der Waals surface area contributed by atoms with E-state index in [1.165, 1.54) is 28.7 Å². The van der Waals surface area contributed by atoms with Gasteiger partial charge in [0.05, 0.1) is 0 Å². The molecule has 1 aliphatic rings. The lowest BCUT2D eigenvalue weighted by molar-refractivity contribution is 0.720. The summed E-state index contributed by atoms with van der Waals surface area (Å²) in [4.78, 5) is 0. The van der Waals surface area contributed by atoms with Gasteiger partial charge in [0.15, 0.2) is 0 Å². The highest BCUT2D eigenvalue weighted by Gasteiger charge is 2.14. The molecule has 0 heterocycles. The van der Waals surface area contributed by atoms with Crippen LogP contribution in [0.2, 0.25) is 0 Å². The third-order valence-corrected chi connectivity index (χ3v) is 2.84. The summed E-state index contributed by atoms with van der Waals surface area (Å²) in [5.74, 6) is 0.577. The number of rotatable bonds is 1.